The Morgan fingerprint density at radius 1 is 1.40 bits per heavy atom. The number of carbonyl (C=O) groups is 2. The van der Waals surface area contributed by atoms with Gasteiger partial charge in [-0.2, -0.15) is 0 Å². The SMILES string of the molecule is C=CC1CC(=O)N(c2ccc(C(=O)OC(C)C)cc2)C1. The molecule has 2 rings (SSSR count). The van der Waals surface area contributed by atoms with Gasteiger partial charge < -0.3 is 9.64 Å². The maximum Gasteiger partial charge on any atom is 0.338 e. The minimum absolute atomic E-state index is 0.0902. The molecule has 0 N–H and O–H groups in total. The average Bonchev–Trinajstić information content (AvgIpc) is 2.79. The first-order valence-electron chi connectivity index (χ1n) is 6.75. The first kappa shape index (κ1) is 14.3. The first-order chi connectivity index (χ1) is 9.51. The molecule has 1 amide bonds. The molecule has 1 aromatic carbocycles. The van der Waals surface area contributed by atoms with E-state index in [1.807, 2.05) is 19.9 Å². The molecule has 4 nitrogen and oxygen atoms in total. The summed E-state index contributed by atoms with van der Waals surface area (Å²) in [7, 11) is 0. The monoisotopic (exact) mass is 273 g/mol. The van der Waals surface area contributed by atoms with Gasteiger partial charge in [-0.05, 0) is 38.1 Å². The highest BCUT2D eigenvalue weighted by atomic mass is 16.5. The minimum Gasteiger partial charge on any atom is -0.459 e. The Hall–Kier alpha value is -2.10. The third-order valence-electron chi connectivity index (χ3n) is 3.25. The molecule has 0 saturated carbocycles. The van der Waals surface area contributed by atoms with Gasteiger partial charge in [0.2, 0.25) is 5.91 Å². The highest BCUT2D eigenvalue weighted by Crippen LogP contribution is 2.25. The lowest BCUT2D eigenvalue weighted by Gasteiger charge is -2.16. The van der Waals surface area contributed by atoms with E-state index in [2.05, 4.69) is 6.58 Å². The third kappa shape index (κ3) is 3.07. The summed E-state index contributed by atoms with van der Waals surface area (Å²) in [5, 5.41) is 0. The van der Waals surface area contributed by atoms with Gasteiger partial charge in [-0.25, -0.2) is 4.79 Å². The quantitative estimate of drug-likeness (QED) is 0.626. The molecule has 20 heavy (non-hydrogen) atoms. The van der Waals surface area contributed by atoms with Crippen LogP contribution in [-0.2, 0) is 9.53 Å². The van der Waals surface area contributed by atoms with Crippen LogP contribution in [0.2, 0.25) is 0 Å². The molecule has 1 saturated heterocycles. The molecule has 0 spiro atoms. The van der Waals surface area contributed by atoms with E-state index in [0.717, 1.165) is 5.69 Å². The van der Waals surface area contributed by atoms with Crippen LogP contribution in [0.5, 0.6) is 0 Å². The van der Waals surface area contributed by atoms with E-state index in [4.69, 9.17) is 4.74 Å². The van der Waals surface area contributed by atoms with Gasteiger partial charge in [0.05, 0.1) is 11.7 Å². The molecule has 1 aliphatic heterocycles. The summed E-state index contributed by atoms with van der Waals surface area (Å²) in [5.74, 6) is -0.0521. The Morgan fingerprint density at radius 3 is 2.55 bits per heavy atom. The van der Waals surface area contributed by atoms with Crippen molar-refractivity contribution in [3.63, 3.8) is 0 Å². The standard InChI is InChI=1S/C16H19NO3/c1-4-12-9-15(18)17(10-12)14-7-5-13(6-8-14)16(19)20-11(2)3/h4-8,11-12H,1,9-10H2,2-3H3. The fraction of sp³-hybridized carbons (Fsp3) is 0.375. The largest absolute Gasteiger partial charge is 0.459 e. The average molecular weight is 273 g/mol. The highest BCUT2D eigenvalue weighted by molar-refractivity contribution is 5.97. The van der Waals surface area contributed by atoms with Gasteiger partial charge in [-0.15, -0.1) is 6.58 Å². The van der Waals surface area contributed by atoms with E-state index < -0.39 is 0 Å². The van der Waals surface area contributed by atoms with Crippen LogP contribution >= 0.6 is 0 Å². The molecule has 0 radical (unpaired) electrons. The van der Waals surface area contributed by atoms with E-state index >= 15 is 0 Å². The van der Waals surface area contributed by atoms with Crippen LogP contribution in [0.4, 0.5) is 5.69 Å². The Labute approximate surface area is 119 Å². The van der Waals surface area contributed by atoms with Gasteiger partial charge >= 0.3 is 5.97 Å². The number of anilines is 1. The number of rotatable bonds is 4. The van der Waals surface area contributed by atoms with Gasteiger partial charge in [0, 0.05) is 24.6 Å². The van der Waals surface area contributed by atoms with E-state index in [1.165, 1.54) is 0 Å². The summed E-state index contributed by atoms with van der Waals surface area (Å²) < 4.78 is 5.12. The van der Waals surface area contributed by atoms with Crippen LogP contribution in [-0.4, -0.2) is 24.5 Å². The summed E-state index contributed by atoms with van der Waals surface area (Å²) in [4.78, 5) is 25.4. The maximum atomic E-state index is 11.9. The van der Waals surface area contributed by atoms with Gasteiger partial charge in [0.25, 0.3) is 0 Å². The Bertz CT molecular complexity index is 519. The molecule has 1 atom stereocenters. The minimum atomic E-state index is -0.344. The molecule has 0 aliphatic carbocycles. The van der Waals surface area contributed by atoms with Crippen LogP contribution in [0.15, 0.2) is 36.9 Å². The number of ether oxygens (including phenoxy) is 1. The molecule has 106 valence electrons. The molecule has 1 heterocycles. The Balaban J connectivity index is 2.10. The predicted octanol–water partition coefficient (Wildman–Crippen LogP) is 2.79. The fourth-order valence-electron chi connectivity index (χ4n) is 2.20. The summed E-state index contributed by atoms with van der Waals surface area (Å²) in [6.45, 7) is 8.00. The van der Waals surface area contributed by atoms with Crippen molar-refractivity contribution in [3.8, 4) is 0 Å². The van der Waals surface area contributed by atoms with Crippen LogP contribution in [0.25, 0.3) is 0 Å². The number of hydrogen-bond donors (Lipinski definition) is 0. The van der Waals surface area contributed by atoms with Crippen molar-refractivity contribution in [1.82, 2.24) is 0 Å². The van der Waals surface area contributed by atoms with E-state index in [1.54, 1.807) is 29.2 Å². The molecule has 1 fully saturated rings. The predicted molar refractivity (Wildman–Crippen MR) is 77.7 cm³/mol. The van der Waals surface area contributed by atoms with Crippen LogP contribution in [0.1, 0.15) is 30.6 Å². The normalized spacial score (nSPS) is 18.4. The van der Waals surface area contributed by atoms with Crippen molar-refractivity contribution in [2.45, 2.75) is 26.4 Å². The van der Waals surface area contributed by atoms with Crippen LogP contribution in [0, 0.1) is 5.92 Å². The van der Waals surface area contributed by atoms with Crippen molar-refractivity contribution in [3.05, 3.63) is 42.5 Å². The Morgan fingerprint density at radius 2 is 2.05 bits per heavy atom. The van der Waals surface area contributed by atoms with Crippen molar-refractivity contribution in [2.75, 3.05) is 11.4 Å². The smallest absolute Gasteiger partial charge is 0.338 e. The molecule has 1 aliphatic rings. The van der Waals surface area contributed by atoms with Crippen molar-refractivity contribution >= 4 is 17.6 Å². The second-order valence-electron chi connectivity index (χ2n) is 5.21. The zero-order valence-electron chi connectivity index (χ0n) is 11.8. The molecule has 4 heteroatoms. The lowest BCUT2D eigenvalue weighted by Crippen LogP contribution is -2.24. The number of esters is 1. The second-order valence-corrected chi connectivity index (χ2v) is 5.21. The summed E-state index contributed by atoms with van der Waals surface area (Å²) in [5.41, 5.74) is 1.30. The molecule has 1 unspecified atom stereocenters. The maximum absolute atomic E-state index is 11.9. The second kappa shape index (κ2) is 5.90. The fourth-order valence-corrected chi connectivity index (χ4v) is 2.20. The lowest BCUT2D eigenvalue weighted by atomic mass is 10.1. The molecule has 0 aromatic heterocycles. The molecule has 1 aromatic rings. The van der Waals surface area contributed by atoms with Gasteiger partial charge in [-0.3, -0.25) is 4.79 Å². The number of hydrogen-bond acceptors (Lipinski definition) is 3. The number of benzene rings is 1. The number of carbonyl (C=O) groups excluding carboxylic acids is 2. The zero-order valence-corrected chi connectivity index (χ0v) is 11.8. The van der Waals surface area contributed by atoms with Gasteiger partial charge in [0.1, 0.15) is 0 Å². The Kier molecular flexibility index (Phi) is 4.23. The van der Waals surface area contributed by atoms with Crippen molar-refractivity contribution in [2.24, 2.45) is 5.92 Å². The topological polar surface area (TPSA) is 46.6 Å². The zero-order chi connectivity index (χ0) is 14.7. The van der Waals surface area contributed by atoms with Crippen LogP contribution in [0.3, 0.4) is 0 Å². The van der Waals surface area contributed by atoms with Gasteiger partial charge in [-0.1, -0.05) is 6.08 Å². The molecular weight excluding hydrogens is 254 g/mol. The first-order valence-corrected chi connectivity index (χ1v) is 6.75. The van der Waals surface area contributed by atoms with Crippen molar-refractivity contribution < 1.29 is 14.3 Å². The lowest BCUT2D eigenvalue weighted by molar-refractivity contribution is -0.117. The highest BCUT2D eigenvalue weighted by Gasteiger charge is 2.28. The number of amides is 1. The van der Waals surface area contributed by atoms with E-state index in [9.17, 15) is 9.59 Å². The molecule has 0 bridgehead atoms. The number of nitrogens with zero attached hydrogens (tertiary/aromatic N) is 1. The summed E-state index contributed by atoms with van der Waals surface area (Å²) in [6, 6.07) is 6.93. The van der Waals surface area contributed by atoms with E-state index in [-0.39, 0.29) is 23.9 Å². The summed E-state index contributed by atoms with van der Waals surface area (Å²) in [6.07, 6.45) is 2.17. The molecular formula is C16H19NO3. The van der Waals surface area contributed by atoms with Crippen LogP contribution < -0.4 is 4.90 Å². The third-order valence-corrected chi connectivity index (χ3v) is 3.25. The summed E-state index contributed by atoms with van der Waals surface area (Å²) >= 11 is 0. The van der Waals surface area contributed by atoms with Crippen molar-refractivity contribution in [1.29, 1.82) is 0 Å². The van der Waals surface area contributed by atoms with Gasteiger partial charge in [0.15, 0.2) is 0 Å². The van der Waals surface area contributed by atoms with E-state index in [0.29, 0.717) is 18.5 Å².